The van der Waals surface area contributed by atoms with Crippen LogP contribution in [0.25, 0.3) is 0 Å². The number of nitrogens with one attached hydrogen (secondary N) is 1. The quantitative estimate of drug-likeness (QED) is 0.865. The van der Waals surface area contributed by atoms with Gasteiger partial charge in [0, 0.05) is 24.8 Å². The summed E-state index contributed by atoms with van der Waals surface area (Å²) < 4.78 is 10.3. The number of morpholine rings is 1. The molecule has 5 nitrogen and oxygen atoms in total. The van der Waals surface area contributed by atoms with Gasteiger partial charge in [-0.25, -0.2) is 0 Å². The van der Waals surface area contributed by atoms with Crippen LogP contribution in [0, 0.1) is 5.92 Å². The second kappa shape index (κ2) is 7.32. The Morgan fingerprint density at radius 2 is 2.09 bits per heavy atom. The SMILES string of the molecule is COC(=O)[C@@H]1CC[C@@H](C)[C@H](c2cccc(N3CCOCC3)c2)N1. The van der Waals surface area contributed by atoms with Crippen LogP contribution in [0.3, 0.4) is 0 Å². The Labute approximate surface area is 137 Å². The molecule has 0 unspecified atom stereocenters. The number of benzene rings is 1. The lowest BCUT2D eigenvalue weighted by molar-refractivity contribution is -0.144. The van der Waals surface area contributed by atoms with Gasteiger partial charge in [0.15, 0.2) is 0 Å². The van der Waals surface area contributed by atoms with Crippen molar-refractivity contribution in [1.82, 2.24) is 5.32 Å². The molecule has 3 rings (SSSR count). The summed E-state index contributed by atoms with van der Waals surface area (Å²) >= 11 is 0. The maximum atomic E-state index is 11.9. The predicted molar refractivity (Wildman–Crippen MR) is 89.6 cm³/mol. The van der Waals surface area contributed by atoms with Gasteiger partial charge in [0.1, 0.15) is 6.04 Å². The van der Waals surface area contributed by atoms with E-state index in [1.54, 1.807) is 0 Å². The van der Waals surface area contributed by atoms with Gasteiger partial charge in [-0.3, -0.25) is 10.1 Å². The third-order valence-corrected chi connectivity index (χ3v) is 4.95. The maximum absolute atomic E-state index is 11.9. The second-order valence-electron chi connectivity index (χ2n) is 6.47. The smallest absolute Gasteiger partial charge is 0.322 e. The van der Waals surface area contributed by atoms with Crippen LogP contribution in [-0.2, 0) is 14.3 Å². The third kappa shape index (κ3) is 3.67. The van der Waals surface area contributed by atoms with Crippen molar-refractivity contribution in [2.45, 2.75) is 31.8 Å². The van der Waals surface area contributed by atoms with Crippen LogP contribution in [0.4, 0.5) is 5.69 Å². The van der Waals surface area contributed by atoms with E-state index in [-0.39, 0.29) is 18.1 Å². The van der Waals surface area contributed by atoms with E-state index in [0.29, 0.717) is 5.92 Å². The molecule has 2 aliphatic heterocycles. The van der Waals surface area contributed by atoms with Crippen molar-refractivity contribution in [2.75, 3.05) is 38.3 Å². The molecule has 1 aromatic carbocycles. The van der Waals surface area contributed by atoms with Crippen molar-refractivity contribution in [2.24, 2.45) is 5.92 Å². The van der Waals surface area contributed by atoms with Gasteiger partial charge in [0.25, 0.3) is 0 Å². The van der Waals surface area contributed by atoms with Crippen LogP contribution in [0.2, 0.25) is 0 Å². The molecule has 1 aromatic rings. The Morgan fingerprint density at radius 1 is 1.30 bits per heavy atom. The van der Waals surface area contributed by atoms with Crippen molar-refractivity contribution < 1.29 is 14.3 Å². The highest BCUT2D eigenvalue weighted by Gasteiger charge is 2.32. The van der Waals surface area contributed by atoms with Crippen LogP contribution < -0.4 is 10.2 Å². The Hall–Kier alpha value is -1.59. The number of carbonyl (C=O) groups excluding carboxylic acids is 1. The topological polar surface area (TPSA) is 50.8 Å². The van der Waals surface area contributed by atoms with Crippen molar-refractivity contribution in [3.8, 4) is 0 Å². The average molecular weight is 318 g/mol. The molecule has 5 heteroatoms. The first-order valence-corrected chi connectivity index (χ1v) is 8.45. The van der Waals surface area contributed by atoms with E-state index in [1.807, 2.05) is 0 Å². The number of carbonyl (C=O) groups is 1. The van der Waals surface area contributed by atoms with E-state index >= 15 is 0 Å². The van der Waals surface area contributed by atoms with Gasteiger partial charge < -0.3 is 14.4 Å². The Morgan fingerprint density at radius 3 is 2.83 bits per heavy atom. The number of piperidine rings is 1. The monoisotopic (exact) mass is 318 g/mol. The van der Waals surface area contributed by atoms with E-state index in [2.05, 4.69) is 41.4 Å². The highest BCUT2D eigenvalue weighted by molar-refractivity contribution is 5.75. The molecule has 0 aliphatic carbocycles. The van der Waals surface area contributed by atoms with Crippen LogP contribution in [-0.4, -0.2) is 45.4 Å². The Bertz CT molecular complexity index is 543. The fourth-order valence-electron chi connectivity index (χ4n) is 3.55. The van der Waals surface area contributed by atoms with E-state index < -0.39 is 0 Å². The molecule has 0 bridgehead atoms. The summed E-state index contributed by atoms with van der Waals surface area (Å²) in [6.07, 6.45) is 1.87. The van der Waals surface area contributed by atoms with Gasteiger partial charge in [0.2, 0.25) is 0 Å². The molecule has 23 heavy (non-hydrogen) atoms. The summed E-state index contributed by atoms with van der Waals surface area (Å²) in [6.45, 7) is 5.68. The van der Waals surface area contributed by atoms with Crippen LogP contribution in [0.1, 0.15) is 31.4 Å². The molecule has 2 saturated heterocycles. The summed E-state index contributed by atoms with van der Waals surface area (Å²) in [6, 6.07) is 8.65. The lowest BCUT2D eigenvalue weighted by atomic mass is 9.84. The average Bonchev–Trinajstić information content (AvgIpc) is 2.62. The first kappa shape index (κ1) is 16.3. The van der Waals surface area contributed by atoms with Gasteiger partial charge in [-0.2, -0.15) is 0 Å². The molecule has 0 aromatic heterocycles. The predicted octanol–water partition coefficient (Wildman–Crippen LogP) is 2.13. The molecule has 2 aliphatic rings. The van der Waals surface area contributed by atoms with Crippen LogP contribution in [0.5, 0.6) is 0 Å². The highest BCUT2D eigenvalue weighted by Crippen LogP contribution is 2.33. The number of anilines is 1. The van der Waals surface area contributed by atoms with Gasteiger partial charge in [-0.1, -0.05) is 19.1 Å². The normalized spacial score (nSPS) is 28.4. The summed E-state index contributed by atoms with van der Waals surface area (Å²) in [4.78, 5) is 14.2. The zero-order chi connectivity index (χ0) is 16.2. The number of ether oxygens (including phenoxy) is 2. The first-order chi connectivity index (χ1) is 11.2. The molecule has 0 spiro atoms. The molecule has 126 valence electrons. The first-order valence-electron chi connectivity index (χ1n) is 8.45. The van der Waals surface area contributed by atoms with Crippen molar-refractivity contribution >= 4 is 11.7 Å². The summed E-state index contributed by atoms with van der Waals surface area (Å²) in [7, 11) is 1.45. The number of esters is 1. The molecule has 0 amide bonds. The molecule has 2 heterocycles. The molecule has 3 atom stereocenters. The fraction of sp³-hybridized carbons (Fsp3) is 0.611. The van der Waals surface area contributed by atoms with E-state index in [1.165, 1.54) is 18.4 Å². The van der Waals surface area contributed by atoms with Crippen molar-refractivity contribution in [3.63, 3.8) is 0 Å². The van der Waals surface area contributed by atoms with Gasteiger partial charge >= 0.3 is 5.97 Å². The standard InChI is InChI=1S/C18H26N2O3/c1-13-6-7-16(18(21)22-2)19-17(13)14-4-3-5-15(12-14)20-8-10-23-11-9-20/h3-5,12-13,16-17,19H,6-11H2,1-2H3/t13-,16+,17-/m1/s1. The maximum Gasteiger partial charge on any atom is 0.322 e. The van der Waals surface area contributed by atoms with Crippen LogP contribution >= 0.6 is 0 Å². The van der Waals surface area contributed by atoms with Gasteiger partial charge in [-0.05, 0) is 36.5 Å². The number of rotatable bonds is 3. The number of hydrogen-bond acceptors (Lipinski definition) is 5. The van der Waals surface area contributed by atoms with Crippen molar-refractivity contribution in [1.29, 1.82) is 0 Å². The van der Waals surface area contributed by atoms with Crippen molar-refractivity contribution in [3.05, 3.63) is 29.8 Å². The molecule has 0 radical (unpaired) electrons. The van der Waals surface area contributed by atoms with Gasteiger partial charge in [0.05, 0.1) is 20.3 Å². The van der Waals surface area contributed by atoms with E-state index in [0.717, 1.165) is 39.1 Å². The van der Waals surface area contributed by atoms with E-state index in [4.69, 9.17) is 9.47 Å². The molecule has 0 saturated carbocycles. The summed E-state index contributed by atoms with van der Waals surface area (Å²) in [5.74, 6) is 0.335. The molecular formula is C18H26N2O3. The van der Waals surface area contributed by atoms with Gasteiger partial charge in [-0.15, -0.1) is 0 Å². The summed E-state index contributed by atoms with van der Waals surface area (Å²) in [5, 5.41) is 3.48. The number of hydrogen-bond donors (Lipinski definition) is 1. The third-order valence-electron chi connectivity index (χ3n) is 4.95. The number of nitrogens with zero attached hydrogens (tertiary/aromatic N) is 1. The minimum absolute atomic E-state index is 0.161. The Balaban J connectivity index is 1.77. The lowest BCUT2D eigenvalue weighted by Crippen LogP contribution is -2.46. The molecule has 2 fully saturated rings. The highest BCUT2D eigenvalue weighted by atomic mass is 16.5. The zero-order valence-electron chi connectivity index (χ0n) is 14.0. The number of methoxy groups -OCH3 is 1. The largest absolute Gasteiger partial charge is 0.468 e. The lowest BCUT2D eigenvalue weighted by Gasteiger charge is -2.36. The molecular weight excluding hydrogens is 292 g/mol. The molecule has 1 N–H and O–H groups in total. The minimum Gasteiger partial charge on any atom is -0.468 e. The second-order valence-corrected chi connectivity index (χ2v) is 6.47. The Kier molecular flexibility index (Phi) is 5.18. The van der Waals surface area contributed by atoms with Crippen LogP contribution in [0.15, 0.2) is 24.3 Å². The zero-order valence-corrected chi connectivity index (χ0v) is 14.0. The summed E-state index contributed by atoms with van der Waals surface area (Å²) in [5.41, 5.74) is 2.48. The fourth-order valence-corrected chi connectivity index (χ4v) is 3.55. The van der Waals surface area contributed by atoms with E-state index in [9.17, 15) is 4.79 Å². The minimum atomic E-state index is -0.201.